The monoisotopic (exact) mass is 997 g/mol. The number of piperidine rings is 1. The number of imide groups is 1. The van der Waals surface area contributed by atoms with E-state index in [-0.39, 0.29) is 5.91 Å². The molecule has 10 rings (SSSR count). The van der Waals surface area contributed by atoms with Gasteiger partial charge in [-0.05, 0) is 67.3 Å². The van der Waals surface area contributed by atoms with Crippen LogP contribution in [0.3, 0.4) is 0 Å². The van der Waals surface area contributed by atoms with Crippen LogP contribution in [0.25, 0.3) is 11.3 Å². The smallest absolute Gasteiger partial charge is 0.264 e. The summed E-state index contributed by atoms with van der Waals surface area (Å²) in [6, 6.07) is 21.7. The Morgan fingerprint density at radius 3 is 2.25 bits per heavy atom. The number of rotatable bonds is 18. The number of piperazine rings is 2. The van der Waals surface area contributed by atoms with Gasteiger partial charge >= 0.3 is 0 Å². The molecule has 386 valence electrons. The van der Waals surface area contributed by atoms with E-state index in [0.717, 1.165) is 117 Å². The SMILES string of the molecule is C=C1CCC(N2C(=O)c3cccc(NCCOCCN4C[C@@H]5C[C@H]4CN5CCOCCN4CCN(CCOc5ccc6cc5COC/C=C/COCc5cccc(c5)-c5ccnc(n5)N6)CC4)c3C2=O)C(=O)N1. The van der Waals surface area contributed by atoms with Crippen molar-refractivity contribution in [3.8, 4) is 17.0 Å². The summed E-state index contributed by atoms with van der Waals surface area (Å²) in [6.45, 7) is 19.1. The average molecular weight is 997 g/mol. The lowest BCUT2D eigenvalue weighted by atomic mass is 10.0. The summed E-state index contributed by atoms with van der Waals surface area (Å²) >= 11 is 0. The van der Waals surface area contributed by atoms with Gasteiger partial charge in [0.1, 0.15) is 18.4 Å². The molecule has 3 N–H and O–H groups in total. The third-order valence-electron chi connectivity index (χ3n) is 14.7. The average Bonchev–Trinajstić information content (AvgIpc) is 4.07. The van der Waals surface area contributed by atoms with Gasteiger partial charge in [0.15, 0.2) is 0 Å². The fourth-order valence-corrected chi connectivity index (χ4v) is 10.7. The highest BCUT2D eigenvalue weighted by Gasteiger charge is 2.45. The number of anilines is 3. The van der Waals surface area contributed by atoms with Crippen molar-refractivity contribution in [1.82, 2.24) is 39.8 Å². The van der Waals surface area contributed by atoms with Gasteiger partial charge in [-0.15, -0.1) is 0 Å². The summed E-state index contributed by atoms with van der Waals surface area (Å²) in [6.07, 6.45) is 7.84. The number of aromatic nitrogens is 2. The highest BCUT2D eigenvalue weighted by molar-refractivity contribution is 6.25. The van der Waals surface area contributed by atoms with Crippen LogP contribution < -0.4 is 20.7 Å². The number of fused-ring (bicyclic) bond motifs is 10. The molecule has 4 aromatic rings. The molecule has 4 saturated heterocycles. The zero-order valence-corrected chi connectivity index (χ0v) is 41.7. The van der Waals surface area contributed by atoms with Gasteiger partial charge in [-0.1, -0.05) is 43.0 Å². The van der Waals surface area contributed by atoms with Crippen LogP contribution in [0.15, 0.2) is 97.4 Å². The van der Waals surface area contributed by atoms with E-state index in [1.807, 2.05) is 36.4 Å². The summed E-state index contributed by atoms with van der Waals surface area (Å²) in [7, 11) is 0. The third kappa shape index (κ3) is 12.6. The second-order valence-electron chi connectivity index (χ2n) is 19.5. The van der Waals surface area contributed by atoms with E-state index in [9.17, 15) is 14.4 Å². The number of benzene rings is 3. The number of carbonyl (C=O) groups excluding carboxylic acids is 3. The van der Waals surface area contributed by atoms with Crippen LogP contribution in [0.1, 0.15) is 51.1 Å². The molecule has 0 saturated carbocycles. The summed E-state index contributed by atoms with van der Waals surface area (Å²) in [5, 5.41) is 9.35. The molecular formula is C55H68N10O8. The Bertz CT molecular complexity index is 2620. The zero-order chi connectivity index (χ0) is 49.9. The molecule has 18 nitrogen and oxygen atoms in total. The number of ether oxygens (including phenoxy) is 5. The molecule has 6 aliphatic heterocycles. The maximum Gasteiger partial charge on any atom is 0.264 e. The summed E-state index contributed by atoms with van der Waals surface area (Å²) in [5.74, 6) is 0.0740. The van der Waals surface area contributed by atoms with E-state index in [0.29, 0.717) is 106 Å². The zero-order valence-electron chi connectivity index (χ0n) is 41.7. The molecule has 1 aromatic heterocycles. The van der Waals surface area contributed by atoms with Gasteiger partial charge in [0, 0.05) is 118 Å². The molecule has 3 amide bonds. The van der Waals surface area contributed by atoms with Crippen molar-refractivity contribution in [2.24, 2.45) is 0 Å². The lowest BCUT2D eigenvalue weighted by Crippen LogP contribution is -2.51. The van der Waals surface area contributed by atoms with Crippen LogP contribution in [0.4, 0.5) is 17.3 Å². The quantitative estimate of drug-likeness (QED) is 0.0706. The second-order valence-corrected chi connectivity index (χ2v) is 19.5. The van der Waals surface area contributed by atoms with Gasteiger partial charge in [-0.25, -0.2) is 9.97 Å². The van der Waals surface area contributed by atoms with Gasteiger partial charge in [0.2, 0.25) is 11.9 Å². The fraction of sp³-hybridized carbons (Fsp3) is 0.473. The van der Waals surface area contributed by atoms with Gasteiger partial charge in [0.25, 0.3) is 11.8 Å². The van der Waals surface area contributed by atoms with Crippen molar-refractivity contribution in [3.63, 3.8) is 0 Å². The highest BCUT2D eigenvalue weighted by atomic mass is 16.5. The molecule has 8 bridgehead atoms. The molecule has 7 heterocycles. The molecule has 18 heteroatoms. The van der Waals surface area contributed by atoms with Crippen molar-refractivity contribution in [1.29, 1.82) is 0 Å². The standard InChI is InChI=1S/C55H68N10O8/c1-39-10-12-49(52(66)58-39)65-53(67)46-8-5-9-48(51(46)54(65)68)56-16-27-69-29-23-63-35-45-34-44(63)36-64(45)24-30-70-28-21-61-17-19-62(20-18-61)22-31-73-50-13-11-43-33-42(50)38-72-26-3-2-25-71-37-40-6-4-7-41(32-40)47-14-15-57-55(59-43)60-47/h2-9,11,13-15,32-33,44-45,49,56H,1,10,12,16-31,34-38H2,(H,58,66)(H,57,59,60)/b3-2+/t44-,45-,49?/m0/s1. The molecule has 0 radical (unpaired) electrons. The summed E-state index contributed by atoms with van der Waals surface area (Å²) < 4.78 is 30.5. The molecule has 1 unspecified atom stereocenters. The number of amides is 3. The first-order chi connectivity index (χ1) is 35.8. The number of carbonyl (C=O) groups is 3. The molecule has 6 aliphatic rings. The Balaban J connectivity index is 0.581. The minimum atomic E-state index is -0.837. The normalized spacial score (nSPS) is 22.4. The second kappa shape index (κ2) is 24.3. The lowest BCUT2D eigenvalue weighted by Gasteiger charge is -2.35. The van der Waals surface area contributed by atoms with Crippen LogP contribution in [-0.4, -0.2) is 189 Å². The summed E-state index contributed by atoms with van der Waals surface area (Å²) in [5.41, 5.74) is 6.56. The van der Waals surface area contributed by atoms with Gasteiger partial charge in [0.05, 0.1) is 69.7 Å². The molecule has 4 fully saturated rings. The summed E-state index contributed by atoms with van der Waals surface area (Å²) in [4.78, 5) is 59.7. The van der Waals surface area contributed by atoms with Gasteiger partial charge in [-0.2, -0.15) is 0 Å². The molecule has 3 atom stereocenters. The Morgan fingerprint density at radius 1 is 0.753 bits per heavy atom. The van der Waals surface area contributed by atoms with Crippen LogP contribution in [0.2, 0.25) is 0 Å². The first kappa shape index (κ1) is 50.4. The van der Waals surface area contributed by atoms with Crippen LogP contribution in [0, 0.1) is 0 Å². The number of likely N-dealkylation sites (tertiary alicyclic amines) is 2. The molecule has 3 aromatic carbocycles. The maximum absolute atomic E-state index is 13.4. The van der Waals surface area contributed by atoms with Crippen molar-refractivity contribution >= 4 is 35.0 Å². The van der Waals surface area contributed by atoms with Crippen molar-refractivity contribution < 1.29 is 38.1 Å². The van der Waals surface area contributed by atoms with Crippen molar-refractivity contribution in [2.75, 3.05) is 129 Å². The fourth-order valence-electron chi connectivity index (χ4n) is 10.7. The minimum absolute atomic E-state index is 0.314. The third-order valence-corrected chi connectivity index (χ3v) is 14.7. The number of hydrogen-bond acceptors (Lipinski definition) is 16. The van der Waals surface area contributed by atoms with Crippen LogP contribution >= 0.6 is 0 Å². The van der Waals surface area contributed by atoms with Crippen LogP contribution in [0.5, 0.6) is 5.75 Å². The topological polar surface area (TPSA) is 175 Å². The number of hydrogen-bond donors (Lipinski definition) is 3. The molecule has 73 heavy (non-hydrogen) atoms. The van der Waals surface area contributed by atoms with Gasteiger partial charge in [-0.3, -0.25) is 38.9 Å². The highest BCUT2D eigenvalue weighted by Crippen LogP contribution is 2.34. The van der Waals surface area contributed by atoms with Crippen LogP contribution in [-0.2, 0) is 37.0 Å². The van der Waals surface area contributed by atoms with E-state index >= 15 is 0 Å². The predicted molar refractivity (Wildman–Crippen MR) is 277 cm³/mol. The van der Waals surface area contributed by atoms with E-state index < -0.39 is 17.9 Å². The first-order valence-corrected chi connectivity index (χ1v) is 25.9. The number of nitrogens with one attached hydrogen (secondary N) is 3. The Hall–Kier alpha value is -6.09. The Kier molecular flexibility index (Phi) is 16.8. The van der Waals surface area contributed by atoms with Crippen molar-refractivity contribution in [3.05, 3.63) is 120 Å². The molecule has 0 aliphatic carbocycles. The Morgan fingerprint density at radius 2 is 1.48 bits per heavy atom. The molecule has 0 spiro atoms. The van der Waals surface area contributed by atoms with E-state index in [1.54, 1.807) is 24.4 Å². The Labute approximate surface area is 427 Å². The lowest BCUT2D eigenvalue weighted by molar-refractivity contribution is -0.125. The van der Waals surface area contributed by atoms with Crippen molar-refractivity contribution in [2.45, 2.75) is 50.6 Å². The maximum atomic E-state index is 13.4. The van der Waals surface area contributed by atoms with Gasteiger partial charge < -0.3 is 39.6 Å². The number of nitrogens with zero attached hydrogens (tertiary/aromatic N) is 7. The van der Waals surface area contributed by atoms with E-state index in [2.05, 4.69) is 71.4 Å². The molecular weight excluding hydrogens is 929 g/mol. The number of allylic oxidation sites excluding steroid dienone is 1. The minimum Gasteiger partial charge on any atom is -0.492 e. The largest absolute Gasteiger partial charge is 0.492 e. The van der Waals surface area contributed by atoms with E-state index in [4.69, 9.17) is 28.7 Å². The first-order valence-electron chi connectivity index (χ1n) is 25.9. The predicted octanol–water partition coefficient (Wildman–Crippen LogP) is 4.78. The van der Waals surface area contributed by atoms with E-state index in [1.165, 1.54) is 6.42 Å².